The Kier molecular flexibility index (Phi) is 6.94. The molecule has 0 aliphatic heterocycles. The molecule has 0 radical (unpaired) electrons. The molecular formula is C21H36ClNO. The van der Waals surface area contributed by atoms with Gasteiger partial charge in [-0.25, -0.2) is 0 Å². The van der Waals surface area contributed by atoms with Gasteiger partial charge in [-0.05, 0) is 51.0 Å². The van der Waals surface area contributed by atoms with E-state index in [0.29, 0.717) is 12.0 Å². The first-order chi connectivity index (χ1) is 10.5. The molecule has 0 amide bonds. The van der Waals surface area contributed by atoms with Crippen LogP contribution in [0.2, 0.25) is 0 Å². The Balaban J connectivity index is 0.00000288. The smallest absolute Gasteiger partial charge is 0.118 e. The Morgan fingerprint density at radius 1 is 1.25 bits per heavy atom. The van der Waals surface area contributed by atoms with Crippen molar-refractivity contribution in [3.05, 3.63) is 34.9 Å². The van der Waals surface area contributed by atoms with Crippen molar-refractivity contribution in [3.63, 3.8) is 0 Å². The van der Waals surface area contributed by atoms with Crippen LogP contribution in [0.4, 0.5) is 0 Å². The summed E-state index contributed by atoms with van der Waals surface area (Å²) in [7, 11) is 4.59. The van der Waals surface area contributed by atoms with Crippen molar-refractivity contribution in [3.8, 4) is 0 Å². The van der Waals surface area contributed by atoms with Gasteiger partial charge < -0.3 is 22.0 Å². The minimum Gasteiger partial charge on any atom is -1.00 e. The molecule has 1 saturated carbocycles. The van der Waals surface area contributed by atoms with E-state index in [1.807, 2.05) is 0 Å². The fourth-order valence-electron chi connectivity index (χ4n) is 4.47. The molecule has 1 fully saturated rings. The van der Waals surface area contributed by atoms with E-state index in [1.165, 1.54) is 16.7 Å². The van der Waals surface area contributed by atoms with Gasteiger partial charge in [0.05, 0.1) is 14.1 Å². The molecule has 2 rings (SSSR count). The third-order valence-corrected chi connectivity index (χ3v) is 6.13. The largest absolute Gasteiger partial charge is 1.00 e. The van der Waals surface area contributed by atoms with Crippen molar-refractivity contribution in [1.82, 2.24) is 0 Å². The van der Waals surface area contributed by atoms with E-state index in [2.05, 4.69) is 66.9 Å². The van der Waals surface area contributed by atoms with Gasteiger partial charge in [-0.3, -0.25) is 0 Å². The molecule has 0 heterocycles. The molecule has 138 valence electrons. The summed E-state index contributed by atoms with van der Waals surface area (Å²) in [6.07, 6.45) is 3.21. The molecule has 1 aromatic carbocycles. The van der Waals surface area contributed by atoms with Gasteiger partial charge in [-0.2, -0.15) is 0 Å². The summed E-state index contributed by atoms with van der Waals surface area (Å²) in [5.41, 5.74) is 3.53. The molecule has 0 saturated heterocycles. The van der Waals surface area contributed by atoms with Crippen molar-refractivity contribution < 1.29 is 22.0 Å². The van der Waals surface area contributed by atoms with Crippen LogP contribution in [0.25, 0.3) is 0 Å². The zero-order chi connectivity index (χ0) is 17.4. The Morgan fingerprint density at radius 3 is 2.46 bits per heavy atom. The SMILES string of the molecule is Cc1ccc(C)c(C[N+](C)(C)C2CC(C(C)C)CCC2(C)O)c1.[Cl-]. The van der Waals surface area contributed by atoms with Crippen LogP contribution in [-0.4, -0.2) is 35.3 Å². The number of hydrogen-bond donors (Lipinski definition) is 1. The van der Waals surface area contributed by atoms with E-state index in [9.17, 15) is 5.11 Å². The average Bonchev–Trinajstić information content (AvgIpc) is 2.41. The topological polar surface area (TPSA) is 20.2 Å². The standard InChI is InChI=1S/C21H36NO.ClH/c1-15(2)18-10-11-21(5,23)20(13-18)22(6,7)14-19-12-16(3)8-9-17(19)4;/h8-9,12,15,18,20,23H,10-11,13-14H2,1-7H3;1H/q+1;/p-1. The minimum atomic E-state index is -0.563. The van der Waals surface area contributed by atoms with Crippen LogP contribution in [-0.2, 0) is 6.54 Å². The highest BCUT2D eigenvalue weighted by Gasteiger charge is 2.48. The fourth-order valence-corrected chi connectivity index (χ4v) is 4.47. The second-order valence-electron chi connectivity index (χ2n) is 9.02. The molecule has 1 aromatic rings. The monoisotopic (exact) mass is 353 g/mol. The molecule has 0 spiro atoms. The lowest BCUT2D eigenvalue weighted by Gasteiger charge is -2.50. The Morgan fingerprint density at radius 2 is 1.88 bits per heavy atom. The molecule has 0 aromatic heterocycles. The molecular weight excluding hydrogens is 318 g/mol. The van der Waals surface area contributed by atoms with Gasteiger partial charge in [-0.15, -0.1) is 0 Å². The maximum Gasteiger partial charge on any atom is 0.118 e. The summed E-state index contributed by atoms with van der Waals surface area (Å²) in [6.45, 7) is 12.1. The van der Waals surface area contributed by atoms with Gasteiger partial charge in [0, 0.05) is 12.0 Å². The van der Waals surface area contributed by atoms with Crippen molar-refractivity contribution in [2.75, 3.05) is 14.1 Å². The number of hydrogen-bond acceptors (Lipinski definition) is 1. The number of halogens is 1. The maximum absolute atomic E-state index is 11.1. The number of likely N-dealkylation sites (N-methyl/N-ethyl adjacent to an activating group) is 1. The van der Waals surface area contributed by atoms with Crippen molar-refractivity contribution in [2.24, 2.45) is 11.8 Å². The Bertz CT molecular complexity index is 551. The second-order valence-corrected chi connectivity index (χ2v) is 9.02. The number of benzene rings is 1. The first kappa shape index (κ1) is 21.5. The van der Waals surface area contributed by atoms with E-state index in [4.69, 9.17) is 0 Å². The molecule has 1 aliphatic rings. The van der Waals surface area contributed by atoms with Crippen LogP contribution < -0.4 is 12.4 Å². The van der Waals surface area contributed by atoms with E-state index < -0.39 is 5.60 Å². The highest BCUT2D eigenvalue weighted by atomic mass is 35.5. The summed E-state index contributed by atoms with van der Waals surface area (Å²) >= 11 is 0. The molecule has 1 aliphatic carbocycles. The van der Waals surface area contributed by atoms with Crippen LogP contribution >= 0.6 is 0 Å². The van der Waals surface area contributed by atoms with Gasteiger partial charge in [0.2, 0.25) is 0 Å². The lowest BCUT2D eigenvalue weighted by molar-refractivity contribution is -0.936. The fraction of sp³-hybridized carbons (Fsp3) is 0.714. The minimum absolute atomic E-state index is 0. The van der Waals surface area contributed by atoms with Crippen molar-refractivity contribution in [1.29, 1.82) is 0 Å². The molecule has 24 heavy (non-hydrogen) atoms. The molecule has 3 heteroatoms. The van der Waals surface area contributed by atoms with E-state index in [1.54, 1.807) is 0 Å². The summed E-state index contributed by atoms with van der Waals surface area (Å²) in [4.78, 5) is 0. The highest BCUT2D eigenvalue weighted by Crippen LogP contribution is 2.40. The van der Waals surface area contributed by atoms with Gasteiger partial charge in [0.1, 0.15) is 18.2 Å². The van der Waals surface area contributed by atoms with E-state index in [-0.39, 0.29) is 12.4 Å². The molecule has 3 unspecified atom stereocenters. The molecule has 0 bridgehead atoms. The van der Waals surface area contributed by atoms with Gasteiger partial charge in [-0.1, -0.05) is 37.6 Å². The first-order valence-corrected chi connectivity index (χ1v) is 9.14. The zero-order valence-corrected chi connectivity index (χ0v) is 17.3. The predicted molar refractivity (Wildman–Crippen MR) is 98.3 cm³/mol. The van der Waals surface area contributed by atoms with Gasteiger partial charge in [0.25, 0.3) is 0 Å². The number of rotatable bonds is 4. The summed E-state index contributed by atoms with van der Waals surface area (Å²) in [5, 5.41) is 11.1. The van der Waals surface area contributed by atoms with Crippen molar-refractivity contribution in [2.45, 2.75) is 72.1 Å². The molecule has 1 N–H and O–H groups in total. The number of aryl methyl sites for hydroxylation is 2. The Labute approximate surface area is 155 Å². The van der Waals surface area contributed by atoms with E-state index in [0.717, 1.165) is 36.2 Å². The van der Waals surface area contributed by atoms with Gasteiger partial charge in [0.15, 0.2) is 0 Å². The molecule has 3 atom stereocenters. The number of aliphatic hydroxyl groups is 1. The normalized spacial score (nSPS) is 27.9. The van der Waals surface area contributed by atoms with Crippen LogP contribution in [0.1, 0.15) is 56.7 Å². The number of nitrogens with zero attached hydrogens (tertiary/aromatic N) is 1. The molecule has 2 nitrogen and oxygen atoms in total. The maximum atomic E-state index is 11.1. The highest BCUT2D eigenvalue weighted by molar-refractivity contribution is 5.29. The third kappa shape index (κ3) is 4.74. The van der Waals surface area contributed by atoms with E-state index >= 15 is 0 Å². The average molecular weight is 354 g/mol. The van der Waals surface area contributed by atoms with Gasteiger partial charge >= 0.3 is 0 Å². The summed E-state index contributed by atoms with van der Waals surface area (Å²) in [6, 6.07) is 7.02. The lowest BCUT2D eigenvalue weighted by atomic mass is 9.71. The van der Waals surface area contributed by atoms with Crippen LogP contribution in [0, 0.1) is 25.7 Å². The third-order valence-electron chi connectivity index (χ3n) is 6.13. The van der Waals surface area contributed by atoms with Crippen LogP contribution in [0.3, 0.4) is 0 Å². The first-order valence-electron chi connectivity index (χ1n) is 9.14. The Hall–Kier alpha value is -0.570. The summed E-state index contributed by atoms with van der Waals surface area (Å²) in [5.74, 6) is 1.44. The predicted octanol–water partition coefficient (Wildman–Crippen LogP) is 1.46. The quantitative estimate of drug-likeness (QED) is 0.812. The second kappa shape index (κ2) is 7.76. The number of quaternary nitrogens is 1. The zero-order valence-electron chi connectivity index (χ0n) is 16.6. The van der Waals surface area contributed by atoms with Crippen LogP contribution in [0.5, 0.6) is 0 Å². The van der Waals surface area contributed by atoms with Crippen molar-refractivity contribution >= 4 is 0 Å². The van der Waals surface area contributed by atoms with Crippen LogP contribution in [0.15, 0.2) is 18.2 Å². The lowest BCUT2D eigenvalue weighted by Crippen LogP contribution is -3.00. The summed E-state index contributed by atoms with van der Waals surface area (Å²) < 4.78 is 0.862.